The second-order valence-corrected chi connectivity index (χ2v) is 16.6. The summed E-state index contributed by atoms with van der Waals surface area (Å²) >= 11 is 1.49. The van der Waals surface area contributed by atoms with Crippen LogP contribution in [0, 0.1) is 29.1 Å². The van der Waals surface area contributed by atoms with E-state index in [0.717, 1.165) is 10.5 Å². The number of carbonyl (C=O) groups is 6. The average Bonchev–Trinajstić information content (AvgIpc) is 3.22. The molecule has 15 nitrogen and oxygen atoms in total. The van der Waals surface area contributed by atoms with Crippen molar-refractivity contribution in [1.82, 2.24) is 20.4 Å². The number of nitriles is 1. The molecular formula is C44H67N5O10S. The van der Waals surface area contributed by atoms with Crippen molar-refractivity contribution in [2.45, 2.75) is 124 Å². The summed E-state index contributed by atoms with van der Waals surface area (Å²) in [6, 6.07) is 4.93. The van der Waals surface area contributed by atoms with E-state index in [9.17, 15) is 44.2 Å². The normalized spacial score (nSPS) is 15.9. The maximum Gasteiger partial charge on any atom is 0.334 e. The highest BCUT2D eigenvalue weighted by Crippen LogP contribution is 2.23. The zero-order valence-electron chi connectivity index (χ0n) is 37.3. The summed E-state index contributed by atoms with van der Waals surface area (Å²) < 4.78 is 11.7. The zero-order chi connectivity index (χ0) is 45.9. The van der Waals surface area contributed by atoms with Gasteiger partial charge in [0, 0.05) is 32.0 Å². The average molecular weight is 858 g/mol. The molecule has 1 aromatic rings. The van der Waals surface area contributed by atoms with Gasteiger partial charge in [0.2, 0.25) is 17.7 Å². The van der Waals surface area contributed by atoms with Crippen LogP contribution in [0.2, 0.25) is 0 Å². The van der Waals surface area contributed by atoms with Crippen LogP contribution in [0.1, 0.15) is 92.7 Å². The molecule has 8 unspecified atom stereocenters. The molecule has 0 bridgehead atoms. The minimum Gasteiger partial charge on any atom is -0.480 e. The highest BCUT2D eigenvalue weighted by Gasteiger charge is 2.35. The van der Waals surface area contributed by atoms with E-state index < -0.39 is 78.5 Å². The third kappa shape index (κ3) is 17.1. The molecule has 0 radical (unpaired) electrons. The van der Waals surface area contributed by atoms with E-state index in [1.807, 2.05) is 53.0 Å². The summed E-state index contributed by atoms with van der Waals surface area (Å²) in [5, 5.41) is 34.8. The van der Waals surface area contributed by atoms with Crippen molar-refractivity contribution < 1.29 is 48.5 Å². The van der Waals surface area contributed by atoms with Gasteiger partial charge in [0.15, 0.2) is 6.10 Å². The lowest BCUT2D eigenvalue weighted by Crippen LogP contribution is -2.56. The molecule has 0 aromatic heterocycles. The van der Waals surface area contributed by atoms with Crippen LogP contribution >= 0.6 is 11.8 Å². The molecule has 0 aliphatic rings. The number of nitrogens with one attached hydrogen (secondary N) is 2. The summed E-state index contributed by atoms with van der Waals surface area (Å²) in [6.07, 6.45) is 3.93. The van der Waals surface area contributed by atoms with Gasteiger partial charge >= 0.3 is 11.9 Å². The molecule has 0 spiro atoms. The van der Waals surface area contributed by atoms with Crippen LogP contribution in [0.5, 0.6) is 0 Å². The fourth-order valence-corrected chi connectivity index (χ4v) is 6.53. The molecule has 0 heterocycles. The Morgan fingerprint density at radius 3 is 2.12 bits per heavy atom. The van der Waals surface area contributed by atoms with Crippen LogP contribution < -0.4 is 10.6 Å². The molecule has 334 valence electrons. The SMILES string of the molecule is C/C=C(\C)C(O)C(C)C(C/C=C(\C)C(=O)OC(CC(C)C)C(=O)NC(C)C(=O)N(C)C(Cc1ccc(C#N)cc1)C(=O)N(C)CC(=O)NC(C(=O)O)C(C)CC)OCSC. The highest BCUT2D eigenvalue weighted by molar-refractivity contribution is 7.98. The molecule has 4 amide bonds. The van der Waals surface area contributed by atoms with Gasteiger partial charge in [0.05, 0.1) is 36.3 Å². The van der Waals surface area contributed by atoms with Gasteiger partial charge in [-0.1, -0.05) is 65.3 Å². The fraction of sp³-hybridized carbons (Fsp3) is 0.614. The number of aliphatic hydroxyl groups is 1. The lowest BCUT2D eigenvalue weighted by molar-refractivity contribution is -0.154. The summed E-state index contributed by atoms with van der Waals surface area (Å²) in [4.78, 5) is 82.0. The number of amides is 4. The molecule has 0 fully saturated rings. The lowest BCUT2D eigenvalue weighted by atomic mass is 9.90. The van der Waals surface area contributed by atoms with Gasteiger partial charge in [-0.2, -0.15) is 5.26 Å². The van der Waals surface area contributed by atoms with E-state index in [-0.39, 0.29) is 36.2 Å². The van der Waals surface area contributed by atoms with Crippen molar-refractivity contribution in [3.8, 4) is 6.07 Å². The Bertz CT molecular complexity index is 1710. The Balaban J connectivity index is 3.28. The number of likely N-dealkylation sites (N-methyl/N-ethyl adjacent to an activating group) is 2. The van der Waals surface area contributed by atoms with Gasteiger partial charge < -0.3 is 40.1 Å². The van der Waals surface area contributed by atoms with Crippen molar-refractivity contribution in [3.63, 3.8) is 0 Å². The van der Waals surface area contributed by atoms with E-state index in [1.165, 1.54) is 37.7 Å². The Morgan fingerprint density at radius 2 is 1.60 bits per heavy atom. The molecule has 0 saturated heterocycles. The van der Waals surface area contributed by atoms with E-state index in [2.05, 4.69) is 10.6 Å². The minimum absolute atomic E-state index is 0.0148. The van der Waals surface area contributed by atoms with Crippen molar-refractivity contribution in [3.05, 3.63) is 58.7 Å². The first kappa shape index (κ1) is 53.3. The maximum atomic E-state index is 14.0. The molecule has 0 aliphatic heterocycles. The fourth-order valence-electron chi connectivity index (χ4n) is 6.22. The van der Waals surface area contributed by atoms with Gasteiger partial charge in [-0.15, -0.1) is 11.8 Å². The largest absolute Gasteiger partial charge is 0.480 e. The number of aliphatic hydroxyl groups excluding tert-OH is 1. The van der Waals surface area contributed by atoms with Crippen LogP contribution in [0.3, 0.4) is 0 Å². The first-order chi connectivity index (χ1) is 28.1. The number of nitrogens with zero attached hydrogens (tertiary/aromatic N) is 3. The van der Waals surface area contributed by atoms with Gasteiger partial charge in [-0.3, -0.25) is 19.2 Å². The predicted molar refractivity (Wildman–Crippen MR) is 231 cm³/mol. The first-order valence-electron chi connectivity index (χ1n) is 20.3. The van der Waals surface area contributed by atoms with E-state index in [4.69, 9.17) is 9.47 Å². The number of carbonyl (C=O) groups excluding carboxylic acids is 5. The highest BCUT2D eigenvalue weighted by atomic mass is 32.2. The zero-order valence-corrected chi connectivity index (χ0v) is 38.1. The third-order valence-electron chi connectivity index (χ3n) is 10.5. The van der Waals surface area contributed by atoms with Gasteiger partial charge in [-0.25, -0.2) is 9.59 Å². The number of hydrogen-bond donors (Lipinski definition) is 4. The summed E-state index contributed by atoms with van der Waals surface area (Å²) in [5.74, 6) is -4.96. The number of esters is 1. The number of aliphatic carboxylic acids is 1. The third-order valence-corrected chi connectivity index (χ3v) is 10.9. The molecule has 16 heteroatoms. The summed E-state index contributed by atoms with van der Waals surface area (Å²) in [6.45, 7) is 15.3. The van der Waals surface area contributed by atoms with Gasteiger partial charge in [0.25, 0.3) is 5.91 Å². The minimum atomic E-state index is -1.26. The quantitative estimate of drug-likeness (QED) is 0.0464. The van der Waals surface area contributed by atoms with Crippen molar-refractivity contribution >= 4 is 47.3 Å². The van der Waals surface area contributed by atoms with Crippen molar-refractivity contribution in [2.75, 3.05) is 32.8 Å². The van der Waals surface area contributed by atoms with Crippen molar-refractivity contribution in [2.24, 2.45) is 17.8 Å². The Hall–Kier alpha value is -4.72. The molecule has 60 heavy (non-hydrogen) atoms. The lowest BCUT2D eigenvalue weighted by Gasteiger charge is -2.33. The van der Waals surface area contributed by atoms with Crippen LogP contribution in [0.25, 0.3) is 0 Å². The second kappa shape index (κ2) is 26.5. The predicted octanol–water partition coefficient (Wildman–Crippen LogP) is 4.47. The Kier molecular flexibility index (Phi) is 23.5. The molecule has 4 N–H and O–H groups in total. The molecule has 8 atom stereocenters. The molecular weight excluding hydrogens is 791 g/mol. The molecule has 1 aromatic carbocycles. The van der Waals surface area contributed by atoms with Crippen LogP contribution in [0.15, 0.2) is 47.6 Å². The number of carboxylic acid groups (broad SMARTS) is 1. The van der Waals surface area contributed by atoms with E-state index >= 15 is 0 Å². The van der Waals surface area contributed by atoms with Gasteiger partial charge in [0.1, 0.15) is 18.1 Å². The number of thioether (sulfide) groups is 1. The van der Waals surface area contributed by atoms with Crippen LogP contribution in [-0.2, 0) is 44.7 Å². The van der Waals surface area contributed by atoms with Crippen LogP contribution in [-0.4, -0.2) is 125 Å². The Morgan fingerprint density at radius 1 is 0.983 bits per heavy atom. The Labute approximate surface area is 360 Å². The number of rotatable bonds is 25. The first-order valence-corrected chi connectivity index (χ1v) is 21.6. The molecule has 1 rings (SSSR count). The number of carboxylic acids is 1. The molecule has 0 saturated carbocycles. The standard InChI is InChI=1S/C44H67N5O10S/c1-13-27(5)38(43(55)56)47-37(50)24-48(10)42(54)34(22-32-16-18-33(23-45)19-17-32)49(11)41(53)31(9)46-40(52)36(21-26(3)4)59-44(57)29(7)15-20-35(58-25-60-12)30(8)39(51)28(6)14-2/h14-19,26-27,30-31,34-36,38-39,51H,13,20-22,24-25H2,1-12H3,(H,46,52)(H,47,50)(H,55,56)/b28-14+,29-15+. The smallest absolute Gasteiger partial charge is 0.334 e. The maximum absolute atomic E-state index is 14.0. The number of ether oxygens (including phenoxy) is 2. The monoisotopic (exact) mass is 857 g/mol. The van der Waals surface area contributed by atoms with E-state index in [0.29, 0.717) is 29.9 Å². The van der Waals surface area contributed by atoms with Crippen molar-refractivity contribution in [1.29, 1.82) is 5.26 Å². The van der Waals surface area contributed by atoms with Gasteiger partial charge in [-0.05, 0) is 81.9 Å². The van der Waals surface area contributed by atoms with Crippen LogP contribution in [0.4, 0.5) is 0 Å². The van der Waals surface area contributed by atoms with E-state index in [1.54, 1.807) is 51.1 Å². The second-order valence-electron chi connectivity index (χ2n) is 15.8. The topological polar surface area (TPSA) is 216 Å². The summed E-state index contributed by atoms with van der Waals surface area (Å²) in [5.41, 5.74) is 2.04. The number of allylic oxidation sites excluding steroid dienone is 1. The molecule has 0 aliphatic carbocycles. The number of benzene rings is 1. The number of hydrogen-bond acceptors (Lipinski definition) is 11. The summed E-state index contributed by atoms with van der Waals surface area (Å²) in [7, 11) is 2.76.